The Bertz CT molecular complexity index is 502. The number of hydrogen-bond donors (Lipinski definition) is 1. The predicted octanol–water partition coefficient (Wildman–Crippen LogP) is 3.04. The summed E-state index contributed by atoms with van der Waals surface area (Å²) in [5.41, 5.74) is 9.73. The first-order valence-corrected chi connectivity index (χ1v) is 7.44. The molecule has 0 fully saturated rings. The molecule has 1 aromatic rings. The second-order valence-electron chi connectivity index (χ2n) is 6.96. The molecule has 1 aliphatic rings. The third-order valence-electron chi connectivity index (χ3n) is 4.16. The lowest BCUT2D eigenvalue weighted by atomic mass is 9.85. The molecule has 1 aromatic carbocycles. The molecule has 0 aliphatic carbocycles. The lowest BCUT2D eigenvalue weighted by Crippen LogP contribution is -2.43. The van der Waals surface area contributed by atoms with E-state index in [4.69, 9.17) is 5.73 Å². The van der Waals surface area contributed by atoms with Gasteiger partial charge in [0.2, 0.25) is 5.91 Å². The first-order valence-electron chi connectivity index (χ1n) is 7.44. The average Bonchev–Trinajstić information content (AvgIpc) is 2.36. The van der Waals surface area contributed by atoms with Crippen LogP contribution in [0.25, 0.3) is 0 Å². The first kappa shape index (κ1) is 15.0. The van der Waals surface area contributed by atoms with Crippen LogP contribution in [0.1, 0.15) is 44.7 Å². The quantitative estimate of drug-likeness (QED) is 0.901. The molecular weight excluding hydrogens is 248 g/mol. The maximum Gasteiger partial charge on any atom is 0.228 e. The first-order chi connectivity index (χ1) is 9.29. The topological polar surface area (TPSA) is 46.3 Å². The highest BCUT2D eigenvalue weighted by Crippen LogP contribution is 2.29. The molecule has 3 heteroatoms. The zero-order chi connectivity index (χ0) is 14.9. The summed E-state index contributed by atoms with van der Waals surface area (Å²) in [6.45, 7) is 9.15. The Morgan fingerprint density at radius 3 is 2.75 bits per heavy atom. The summed E-state index contributed by atoms with van der Waals surface area (Å²) < 4.78 is 0. The van der Waals surface area contributed by atoms with Crippen LogP contribution in [0.3, 0.4) is 0 Å². The van der Waals surface area contributed by atoms with Crippen LogP contribution in [0.2, 0.25) is 0 Å². The minimum absolute atomic E-state index is 0.0401. The number of anilines is 1. The van der Waals surface area contributed by atoms with E-state index in [0.717, 1.165) is 25.1 Å². The number of carbonyl (C=O) groups is 1. The van der Waals surface area contributed by atoms with Crippen LogP contribution in [0.15, 0.2) is 18.2 Å². The molecule has 3 nitrogen and oxygen atoms in total. The summed E-state index contributed by atoms with van der Waals surface area (Å²) in [6.07, 6.45) is 2.51. The standard InChI is InChI=1S/C17H26N2O/c1-12-7-8-14-13(10-12)6-5-9-19(14)16(20)11-15(18)17(2,3)4/h7-8,10,15H,5-6,9,11,18H2,1-4H3. The number of carbonyl (C=O) groups excluding carboxylic acids is 1. The number of nitrogens with zero attached hydrogens (tertiary/aromatic N) is 1. The lowest BCUT2D eigenvalue weighted by molar-refractivity contribution is -0.119. The van der Waals surface area contributed by atoms with E-state index in [1.54, 1.807) is 0 Å². The number of rotatable bonds is 2. The Hall–Kier alpha value is -1.35. The summed E-state index contributed by atoms with van der Waals surface area (Å²) in [7, 11) is 0. The van der Waals surface area contributed by atoms with Crippen molar-refractivity contribution in [2.24, 2.45) is 11.1 Å². The van der Waals surface area contributed by atoms with Gasteiger partial charge in [0.05, 0.1) is 0 Å². The van der Waals surface area contributed by atoms with E-state index in [-0.39, 0.29) is 17.4 Å². The van der Waals surface area contributed by atoms with Crippen LogP contribution < -0.4 is 10.6 Å². The van der Waals surface area contributed by atoms with E-state index < -0.39 is 0 Å². The number of amides is 1. The molecule has 1 aliphatic heterocycles. The molecule has 0 bridgehead atoms. The minimum Gasteiger partial charge on any atom is -0.327 e. The fourth-order valence-electron chi connectivity index (χ4n) is 2.59. The highest BCUT2D eigenvalue weighted by Gasteiger charge is 2.28. The van der Waals surface area contributed by atoms with E-state index in [1.807, 2.05) is 4.90 Å². The van der Waals surface area contributed by atoms with Gasteiger partial charge in [-0.15, -0.1) is 0 Å². The van der Waals surface area contributed by atoms with Crippen molar-refractivity contribution in [2.75, 3.05) is 11.4 Å². The largest absolute Gasteiger partial charge is 0.327 e. The van der Waals surface area contributed by atoms with Crippen molar-refractivity contribution in [1.29, 1.82) is 0 Å². The molecule has 1 atom stereocenters. The van der Waals surface area contributed by atoms with Gasteiger partial charge in [0.25, 0.3) is 0 Å². The summed E-state index contributed by atoms with van der Waals surface area (Å²) >= 11 is 0. The highest BCUT2D eigenvalue weighted by molar-refractivity contribution is 5.95. The fourth-order valence-corrected chi connectivity index (χ4v) is 2.59. The molecule has 2 N–H and O–H groups in total. The van der Waals surface area contributed by atoms with Crippen molar-refractivity contribution in [3.63, 3.8) is 0 Å². The Kier molecular flexibility index (Phi) is 4.19. The third kappa shape index (κ3) is 3.21. The summed E-state index contributed by atoms with van der Waals surface area (Å²) in [4.78, 5) is 14.5. The van der Waals surface area contributed by atoms with Gasteiger partial charge in [0.15, 0.2) is 0 Å². The number of nitrogens with two attached hydrogens (primary N) is 1. The van der Waals surface area contributed by atoms with Gasteiger partial charge in [-0.05, 0) is 36.8 Å². The Morgan fingerprint density at radius 2 is 2.10 bits per heavy atom. The molecular formula is C17H26N2O. The second-order valence-corrected chi connectivity index (χ2v) is 6.96. The van der Waals surface area contributed by atoms with Gasteiger partial charge >= 0.3 is 0 Å². The van der Waals surface area contributed by atoms with Crippen LogP contribution >= 0.6 is 0 Å². The van der Waals surface area contributed by atoms with Gasteiger partial charge < -0.3 is 10.6 Å². The predicted molar refractivity (Wildman–Crippen MR) is 83.9 cm³/mol. The zero-order valence-electron chi connectivity index (χ0n) is 13.1. The Balaban J connectivity index is 2.17. The third-order valence-corrected chi connectivity index (χ3v) is 4.16. The minimum atomic E-state index is -0.106. The fraction of sp³-hybridized carbons (Fsp3) is 0.588. The molecule has 0 radical (unpaired) electrons. The van der Waals surface area contributed by atoms with Crippen LogP contribution in [0, 0.1) is 12.3 Å². The molecule has 2 rings (SSSR count). The van der Waals surface area contributed by atoms with Crippen molar-refractivity contribution >= 4 is 11.6 Å². The molecule has 0 spiro atoms. The van der Waals surface area contributed by atoms with E-state index in [2.05, 4.69) is 45.9 Å². The van der Waals surface area contributed by atoms with Crippen LogP contribution in [0.5, 0.6) is 0 Å². The van der Waals surface area contributed by atoms with Gasteiger partial charge in [0, 0.05) is 24.7 Å². The van der Waals surface area contributed by atoms with E-state index in [1.165, 1.54) is 11.1 Å². The van der Waals surface area contributed by atoms with Crippen molar-refractivity contribution in [3.05, 3.63) is 29.3 Å². The number of hydrogen-bond acceptors (Lipinski definition) is 2. The van der Waals surface area contributed by atoms with Crippen molar-refractivity contribution < 1.29 is 4.79 Å². The van der Waals surface area contributed by atoms with Gasteiger partial charge in [-0.25, -0.2) is 0 Å². The molecule has 110 valence electrons. The summed E-state index contributed by atoms with van der Waals surface area (Å²) in [6, 6.07) is 6.24. The molecule has 0 aromatic heterocycles. The SMILES string of the molecule is Cc1ccc2c(c1)CCCN2C(=O)CC(N)C(C)(C)C. The molecule has 0 saturated carbocycles. The van der Waals surface area contributed by atoms with Crippen LogP contribution in [0.4, 0.5) is 5.69 Å². The van der Waals surface area contributed by atoms with Gasteiger partial charge in [-0.1, -0.05) is 38.5 Å². The molecule has 0 saturated heterocycles. The molecule has 1 unspecified atom stereocenters. The van der Waals surface area contributed by atoms with E-state index >= 15 is 0 Å². The lowest BCUT2D eigenvalue weighted by Gasteiger charge is -2.33. The number of benzene rings is 1. The van der Waals surface area contributed by atoms with Crippen molar-refractivity contribution in [1.82, 2.24) is 0 Å². The van der Waals surface area contributed by atoms with Gasteiger partial charge in [-0.2, -0.15) is 0 Å². The number of fused-ring (bicyclic) bond motifs is 1. The molecule has 1 heterocycles. The molecule has 1 amide bonds. The van der Waals surface area contributed by atoms with Crippen molar-refractivity contribution in [2.45, 2.75) is 53.0 Å². The Labute approximate surface area is 122 Å². The monoisotopic (exact) mass is 274 g/mol. The van der Waals surface area contributed by atoms with E-state index in [9.17, 15) is 4.79 Å². The Morgan fingerprint density at radius 1 is 1.40 bits per heavy atom. The summed E-state index contributed by atoms with van der Waals surface area (Å²) in [5.74, 6) is 0.150. The smallest absolute Gasteiger partial charge is 0.228 e. The molecule has 20 heavy (non-hydrogen) atoms. The van der Waals surface area contributed by atoms with Gasteiger partial charge in [0.1, 0.15) is 0 Å². The summed E-state index contributed by atoms with van der Waals surface area (Å²) in [5, 5.41) is 0. The van der Waals surface area contributed by atoms with Crippen LogP contribution in [-0.4, -0.2) is 18.5 Å². The maximum absolute atomic E-state index is 12.5. The van der Waals surface area contributed by atoms with Gasteiger partial charge in [-0.3, -0.25) is 4.79 Å². The normalized spacial score (nSPS) is 16.8. The maximum atomic E-state index is 12.5. The average molecular weight is 274 g/mol. The second kappa shape index (κ2) is 5.57. The highest BCUT2D eigenvalue weighted by atomic mass is 16.2. The number of aryl methyl sites for hydroxylation is 2. The zero-order valence-corrected chi connectivity index (χ0v) is 13.1. The van der Waals surface area contributed by atoms with Crippen LogP contribution in [-0.2, 0) is 11.2 Å². The van der Waals surface area contributed by atoms with E-state index in [0.29, 0.717) is 6.42 Å². The van der Waals surface area contributed by atoms with Crippen molar-refractivity contribution in [3.8, 4) is 0 Å².